The van der Waals surface area contributed by atoms with E-state index in [2.05, 4.69) is 6.58 Å². The number of nitrogens with two attached hydrogens (primary N) is 1. The lowest BCUT2D eigenvalue weighted by Crippen LogP contribution is -2.33. The summed E-state index contributed by atoms with van der Waals surface area (Å²) in [5.74, 6) is -0.371. The second kappa shape index (κ2) is 6.42. The molecule has 0 aromatic carbocycles. The summed E-state index contributed by atoms with van der Waals surface area (Å²) in [6.07, 6.45) is 4.78. The van der Waals surface area contributed by atoms with Gasteiger partial charge >= 0.3 is 5.97 Å². The Morgan fingerprint density at radius 1 is 1.35 bits per heavy atom. The van der Waals surface area contributed by atoms with Crippen LogP contribution in [0.4, 0.5) is 0 Å². The number of ether oxygens (including phenoxy) is 1. The van der Waals surface area contributed by atoms with Gasteiger partial charge in [-0.15, -0.1) is 0 Å². The Bertz CT molecular complexity index is 312. The van der Waals surface area contributed by atoms with Crippen molar-refractivity contribution in [2.45, 2.75) is 39.0 Å². The van der Waals surface area contributed by atoms with Crippen LogP contribution in [0.5, 0.6) is 0 Å². The van der Waals surface area contributed by atoms with E-state index in [0.29, 0.717) is 18.6 Å². The second-order valence-electron chi connectivity index (χ2n) is 4.76. The first kappa shape index (κ1) is 13.7. The maximum Gasteiger partial charge on any atom is 0.333 e. The van der Waals surface area contributed by atoms with Crippen LogP contribution in [0.15, 0.2) is 12.2 Å². The van der Waals surface area contributed by atoms with Crippen molar-refractivity contribution in [2.75, 3.05) is 6.61 Å². The zero-order valence-electron chi connectivity index (χ0n) is 10.4. The molecule has 1 fully saturated rings. The van der Waals surface area contributed by atoms with Gasteiger partial charge in [0.2, 0.25) is 5.91 Å². The summed E-state index contributed by atoms with van der Waals surface area (Å²) >= 11 is 0. The molecule has 2 unspecified atom stereocenters. The summed E-state index contributed by atoms with van der Waals surface area (Å²) in [4.78, 5) is 22.5. The van der Waals surface area contributed by atoms with E-state index in [1.54, 1.807) is 6.92 Å². The van der Waals surface area contributed by atoms with Gasteiger partial charge in [0, 0.05) is 11.5 Å². The Morgan fingerprint density at radius 3 is 2.59 bits per heavy atom. The van der Waals surface area contributed by atoms with E-state index in [0.717, 1.165) is 25.7 Å². The van der Waals surface area contributed by atoms with Crippen molar-refractivity contribution in [3.05, 3.63) is 12.2 Å². The summed E-state index contributed by atoms with van der Waals surface area (Å²) in [7, 11) is 0. The predicted molar refractivity (Wildman–Crippen MR) is 65.0 cm³/mol. The van der Waals surface area contributed by atoms with Crippen LogP contribution in [0.2, 0.25) is 0 Å². The van der Waals surface area contributed by atoms with Crippen molar-refractivity contribution in [1.82, 2.24) is 0 Å². The van der Waals surface area contributed by atoms with Crippen LogP contribution in [0.3, 0.4) is 0 Å². The summed E-state index contributed by atoms with van der Waals surface area (Å²) in [6, 6.07) is 0. The normalized spacial score (nSPS) is 24.1. The number of carbonyl (C=O) groups excluding carboxylic acids is 2. The third-order valence-corrected chi connectivity index (χ3v) is 3.34. The van der Waals surface area contributed by atoms with E-state index in [1.165, 1.54) is 0 Å². The summed E-state index contributed by atoms with van der Waals surface area (Å²) in [5.41, 5.74) is 5.78. The number of esters is 1. The maximum atomic E-state index is 11.3. The fourth-order valence-electron chi connectivity index (χ4n) is 2.35. The number of primary amides is 1. The van der Waals surface area contributed by atoms with Gasteiger partial charge < -0.3 is 10.5 Å². The van der Waals surface area contributed by atoms with E-state index in [4.69, 9.17) is 10.5 Å². The van der Waals surface area contributed by atoms with E-state index in [9.17, 15) is 9.59 Å². The van der Waals surface area contributed by atoms with Crippen LogP contribution in [-0.2, 0) is 14.3 Å². The molecule has 17 heavy (non-hydrogen) atoms. The smallest absolute Gasteiger partial charge is 0.333 e. The molecular formula is C13H21NO3. The van der Waals surface area contributed by atoms with Crippen LogP contribution in [-0.4, -0.2) is 18.5 Å². The molecule has 2 atom stereocenters. The minimum Gasteiger partial charge on any atom is -0.462 e. The van der Waals surface area contributed by atoms with Crippen LogP contribution >= 0.6 is 0 Å². The van der Waals surface area contributed by atoms with Crippen molar-refractivity contribution in [3.8, 4) is 0 Å². The molecule has 4 heteroatoms. The Morgan fingerprint density at radius 2 is 2.00 bits per heavy atom. The van der Waals surface area contributed by atoms with Crippen molar-refractivity contribution in [1.29, 1.82) is 0 Å². The molecule has 0 bridgehead atoms. The van der Waals surface area contributed by atoms with Crippen LogP contribution in [0, 0.1) is 11.8 Å². The van der Waals surface area contributed by atoms with Gasteiger partial charge in [0.05, 0.1) is 6.61 Å². The Kier molecular flexibility index (Phi) is 5.19. The molecule has 0 aromatic rings. The molecule has 2 N–H and O–H groups in total. The molecular weight excluding hydrogens is 218 g/mol. The first-order valence-corrected chi connectivity index (χ1v) is 6.14. The first-order valence-electron chi connectivity index (χ1n) is 6.14. The highest BCUT2D eigenvalue weighted by Gasteiger charge is 2.29. The second-order valence-corrected chi connectivity index (χ2v) is 4.76. The summed E-state index contributed by atoms with van der Waals surface area (Å²) in [6.45, 7) is 5.48. The Labute approximate surface area is 102 Å². The van der Waals surface area contributed by atoms with E-state index >= 15 is 0 Å². The minimum atomic E-state index is -0.364. The highest BCUT2D eigenvalue weighted by Crippen LogP contribution is 2.32. The maximum absolute atomic E-state index is 11.3. The highest BCUT2D eigenvalue weighted by molar-refractivity contribution is 5.86. The SMILES string of the molecule is C=C(C)C(=O)OCCC1CCCCC1C(N)=O. The number of hydrogen-bond acceptors (Lipinski definition) is 3. The van der Waals surface area contributed by atoms with E-state index in [-0.39, 0.29) is 23.7 Å². The molecule has 1 amide bonds. The fourth-order valence-corrected chi connectivity index (χ4v) is 2.35. The molecule has 0 radical (unpaired) electrons. The molecule has 1 aliphatic rings. The molecule has 1 rings (SSSR count). The number of amides is 1. The lowest BCUT2D eigenvalue weighted by Gasteiger charge is -2.29. The molecule has 0 saturated heterocycles. The van der Waals surface area contributed by atoms with Gasteiger partial charge in [0.25, 0.3) is 0 Å². The molecule has 1 aliphatic carbocycles. The van der Waals surface area contributed by atoms with Crippen LogP contribution in [0.25, 0.3) is 0 Å². The van der Waals surface area contributed by atoms with Crippen LogP contribution < -0.4 is 5.73 Å². The van der Waals surface area contributed by atoms with Crippen molar-refractivity contribution in [2.24, 2.45) is 17.6 Å². The van der Waals surface area contributed by atoms with Gasteiger partial charge in [-0.2, -0.15) is 0 Å². The lowest BCUT2D eigenvalue weighted by atomic mass is 9.77. The molecule has 0 aromatic heterocycles. The molecule has 1 saturated carbocycles. The van der Waals surface area contributed by atoms with Gasteiger partial charge in [-0.3, -0.25) is 4.79 Å². The number of hydrogen-bond donors (Lipinski definition) is 1. The minimum absolute atomic E-state index is 0.0488. The predicted octanol–water partition coefficient (Wildman–Crippen LogP) is 1.79. The van der Waals surface area contributed by atoms with Gasteiger partial charge in [-0.25, -0.2) is 4.79 Å². The molecule has 4 nitrogen and oxygen atoms in total. The zero-order chi connectivity index (χ0) is 12.8. The van der Waals surface area contributed by atoms with E-state index in [1.807, 2.05) is 0 Å². The van der Waals surface area contributed by atoms with Crippen LogP contribution in [0.1, 0.15) is 39.0 Å². The van der Waals surface area contributed by atoms with Gasteiger partial charge in [-0.1, -0.05) is 19.4 Å². The summed E-state index contributed by atoms with van der Waals surface area (Å²) in [5, 5.41) is 0. The molecule has 0 spiro atoms. The quantitative estimate of drug-likeness (QED) is 0.587. The number of rotatable bonds is 5. The van der Waals surface area contributed by atoms with Crippen molar-refractivity contribution < 1.29 is 14.3 Å². The largest absolute Gasteiger partial charge is 0.462 e. The zero-order valence-corrected chi connectivity index (χ0v) is 10.4. The van der Waals surface area contributed by atoms with Gasteiger partial charge in [0.15, 0.2) is 0 Å². The standard InChI is InChI=1S/C13H21NO3/c1-9(2)13(16)17-8-7-10-5-3-4-6-11(10)12(14)15/h10-11H,1,3-8H2,2H3,(H2,14,15). The van der Waals surface area contributed by atoms with Gasteiger partial charge in [0.1, 0.15) is 0 Å². The Balaban J connectivity index is 2.36. The number of carbonyl (C=O) groups is 2. The fraction of sp³-hybridized carbons (Fsp3) is 0.692. The third-order valence-electron chi connectivity index (χ3n) is 3.34. The summed E-state index contributed by atoms with van der Waals surface area (Å²) < 4.78 is 5.04. The highest BCUT2D eigenvalue weighted by atomic mass is 16.5. The lowest BCUT2D eigenvalue weighted by molar-refractivity contribution is -0.139. The average molecular weight is 239 g/mol. The van der Waals surface area contributed by atoms with E-state index < -0.39 is 0 Å². The molecule has 0 aliphatic heterocycles. The first-order chi connectivity index (χ1) is 8.02. The molecule has 96 valence electrons. The van der Waals surface area contributed by atoms with Crippen molar-refractivity contribution in [3.63, 3.8) is 0 Å². The van der Waals surface area contributed by atoms with Gasteiger partial charge in [-0.05, 0) is 32.1 Å². The average Bonchev–Trinajstić information content (AvgIpc) is 2.29. The third kappa shape index (κ3) is 4.21. The van der Waals surface area contributed by atoms with Crippen molar-refractivity contribution >= 4 is 11.9 Å². The topological polar surface area (TPSA) is 69.4 Å². The monoisotopic (exact) mass is 239 g/mol. The molecule has 0 heterocycles. The Hall–Kier alpha value is -1.32.